The van der Waals surface area contributed by atoms with Crippen LogP contribution in [0.1, 0.15) is 95.1 Å². The molecule has 3 amide bonds. The number of imidazole rings is 2. The summed E-state index contributed by atoms with van der Waals surface area (Å²) >= 11 is 0. The van der Waals surface area contributed by atoms with Crippen molar-refractivity contribution in [3.8, 4) is 39.4 Å². The normalized spacial score (nSPS) is 19.7. The van der Waals surface area contributed by atoms with Crippen molar-refractivity contribution in [2.45, 2.75) is 90.4 Å². The van der Waals surface area contributed by atoms with Crippen LogP contribution in [-0.4, -0.2) is 75.7 Å². The second-order valence-electron chi connectivity index (χ2n) is 14.9. The summed E-state index contributed by atoms with van der Waals surface area (Å²) in [7, 11) is 1.29. The number of rotatable bonds is 7. The molecule has 0 bridgehead atoms. The minimum absolute atomic E-state index is 0. The third-order valence-electron chi connectivity index (χ3n) is 11.0. The summed E-state index contributed by atoms with van der Waals surface area (Å²) in [5.41, 5.74) is 6.58. The lowest BCUT2D eigenvalue weighted by Gasteiger charge is -2.27. The first kappa shape index (κ1) is 48.6. The Hall–Kier alpha value is -3.77. The van der Waals surface area contributed by atoms with Crippen molar-refractivity contribution in [3.63, 3.8) is 0 Å². The number of benzene rings is 2. The van der Waals surface area contributed by atoms with Crippen LogP contribution in [0.2, 0.25) is 0 Å². The summed E-state index contributed by atoms with van der Waals surface area (Å²) in [5, 5.41) is 5.75. The Bertz CT molecular complexity index is 1970. The average molecular weight is 874 g/mol. The van der Waals surface area contributed by atoms with Crippen molar-refractivity contribution in [3.05, 3.63) is 66.0 Å². The van der Waals surface area contributed by atoms with Crippen molar-refractivity contribution >= 4 is 71.9 Å². The van der Waals surface area contributed by atoms with Gasteiger partial charge in [0.25, 0.3) is 0 Å². The lowest BCUT2D eigenvalue weighted by Crippen LogP contribution is -2.48. The van der Waals surface area contributed by atoms with Crippen LogP contribution in [0.4, 0.5) is 4.79 Å². The van der Waals surface area contributed by atoms with E-state index in [0.717, 1.165) is 89.6 Å². The van der Waals surface area contributed by atoms with Gasteiger partial charge in [-0.15, -0.1) is 0 Å². The molecule has 13 nitrogen and oxygen atoms in total. The Morgan fingerprint density at radius 1 is 0.879 bits per heavy atom. The van der Waals surface area contributed by atoms with Crippen LogP contribution < -0.4 is 15.4 Å². The zero-order chi connectivity index (χ0) is 37.8. The van der Waals surface area contributed by atoms with Gasteiger partial charge < -0.3 is 39.7 Å². The van der Waals surface area contributed by atoms with Gasteiger partial charge in [-0.05, 0) is 66.8 Å². The van der Waals surface area contributed by atoms with Crippen LogP contribution in [0.25, 0.3) is 33.6 Å². The molecule has 4 N–H and O–H groups in total. The van der Waals surface area contributed by atoms with Gasteiger partial charge in [0, 0.05) is 31.2 Å². The van der Waals surface area contributed by atoms with Gasteiger partial charge in [0.05, 0.1) is 42.5 Å². The highest BCUT2D eigenvalue weighted by Gasteiger charge is 2.36. The van der Waals surface area contributed by atoms with Gasteiger partial charge in [0.2, 0.25) is 11.8 Å². The molecule has 2 aromatic carbocycles. The smallest absolute Gasteiger partial charge is 0.407 e. The van der Waals surface area contributed by atoms with Gasteiger partial charge in [-0.3, -0.25) is 9.59 Å². The number of nitrogens with zero attached hydrogens (tertiary/aromatic N) is 3. The zero-order valence-corrected chi connectivity index (χ0v) is 37.6. The van der Waals surface area contributed by atoms with Crippen LogP contribution in [0.15, 0.2) is 48.7 Å². The van der Waals surface area contributed by atoms with Crippen molar-refractivity contribution in [1.29, 1.82) is 0 Å². The van der Waals surface area contributed by atoms with E-state index in [-0.39, 0.29) is 83.7 Å². The molecule has 0 aliphatic carbocycles. The van der Waals surface area contributed by atoms with E-state index in [4.69, 9.17) is 19.2 Å². The highest BCUT2D eigenvalue weighted by molar-refractivity contribution is 7.59. The summed E-state index contributed by atoms with van der Waals surface area (Å²) in [4.78, 5) is 57.2. The number of carbonyl (C=O) groups excluding carboxylic acids is 3. The molecular weight excluding hydrogens is 815 g/mol. The quantitative estimate of drug-likeness (QED) is 0.150. The minimum Gasteiger partial charge on any atom is -0.487 e. The summed E-state index contributed by atoms with van der Waals surface area (Å²) in [6, 6.07) is 13.2. The molecule has 318 valence electrons. The van der Waals surface area contributed by atoms with Crippen molar-refractivity contribution in [2.24, 2.45) is 11.8 Å². The molecule has 5 heterocycles. The SMILES string of the molecule is COC(=O)N[C@H]1CCCCCOCC[C@@H](c2ncc(-c3ccc(-c4ccc5c(c4)OCc4[nH]c([C@@H]6CCCN6C(=O)[C@@H](C)C(C)C)nc4-5)cc3)[nH]2)NC1=O.S.S.S.S. The molecule has 4 aromatic rings. The fraction of sp³-hybridized carbons (Fsp3) is 0.488. The summed E-state index contributed by atoms with van der Waals surface area (Å²) in [6.07, 6.45) is 6.62. The highest BCUT2D eigenvalue weighted by Crippen LogP contribution is 2.41. The van der Waals surface area contributed by atoms with Gasteiger partial charge in [-0.2, -0.15) is 54.0 Å². The fourth-order valence-corrected chi connectivity index (χ4v) is 7.50. The van der Waals surface area contributed by atoms with Gasteiger partial charge in [0.15, 0.2) is 0 Å². The number of carbonyl (C=O) groups is 3. The molecule has 17 heteroatoms. The Kier molecular flexibility index (Phi) is 18.4. The predicted molar refractivity (Wildman–Crippen MR) is 245 cm³/mol. The Balaban J connectivity index is 0.00000225. The fourth-order valence-electron chi connectivity index (χ4n) is 7.50. The first-order chi connectivity index (χ1) is 26.2. The van der Waals surface area contributed by atoms with Gasteiger partial charge in [-0.25, -0.2) is 14.8 Å². The van der Waals surface area contributed by atoms with E-state index in [2.05, 4.69) is 69.8 Å². The molecule has 7 rings (SSSR count). The second-order valence-corrected chi connectivity index (χ2v) is 14.9. The number of methoxy groups -OCH3 is 1. The number of H-pyrrole nitrogens is 2. The second kappa shape index (κ2) is 22.0. The minimum atomic E-state index is -0.701. The largest absolute Gasteiger partial charge is 0.487 e. The number of alkyl carbamates (subject to hydrolysis) is 1. The Labute approximate surface area is 368 Å². The van der Waals surface area contributed by atoms with E-state index >= 15 is 0 Å². The molecule has 3 aliphatic rings. The predicted octanol–water partition coefficient (Wildman–Crippen LogP) is 7.30. The number of nitrogens with one attached hydrogen (secondary N) is 4. The van der Waals surface area contributed by atoms with Gasteiger partial charge in [0.1, 0.15) is 30.0 Å². The number of ether oxygens (including phenoxy) is 3. The van der Waals surface area contributed by atoms with E-state index < -0.39 is 18.2 Å². The molecule has 3 aliphatic heterocycles. The molecule has 0 saturated carbocycles. The molecule has 4 atom stereocenters. The summed E-state index contributed by atoms with van der Waals surface area (Å²) in [6.45, 7) is 8.47. The lowest BCUT2D eigenvalue weighted by atomic mass is 9.96. The maximum Gasteiger partial charge on any atom is 0.407 e. The first-order valence-electron chi connectivity index (χ1n) is 19.2. The van der Waals surface area contributed by atoms with Crippen LogP contribution in [0.5, 0.6) is 5.75 Å². The number of hydrogen-bond acceptors (Lipinski definition) is 8. The molecule has 0 unspecified atom stereocenters. The maximum atomic E-state index is 13.3. The molecule has 58 heavy (non-hydrogen) atoms. The van der Waals surface area contributed by atoms with Crippen LogP contribution in [-0.2, 0) is 25.7 Å². The van der Waals surface area contributed by atoms with Crippen LogP contribution >= 0.6 is 54.0 Å². The number of fused-ring (bicyclic) bond motifs is 3. The average Bonchev–Trinajstić information content (AvgIpc) is 3.97. The zero-order valence-electron chi connectivity index (χ0n) is 33.6. The number of hydrogen-bond donors (Lipinski definition) is 4. The third kappa shape index (κ3) is 10.9. The molecule has 0 radical (unpaired) electrons. The van der Waals surface area contributed by atoms with Crippen LogP contribution in [0.3, 0.4) is 0 Å². The number of amides is 3. The number of aromatic amines is 2. The van der Waals surface area contributed by atoms with Gasteiger partial charge >= 0.3 is 6.09 Å². The molecule has 2 aromatic heterocycles. The Morgan fingerprint density at radius 3 is 2.36 bits per heavy atom. The standard InChI is InChI=1S/C41H51N7O6.4H2S/c1-24(2)25(3)40(50)48-18-8-10-34(48)38-44-33-23-54-35-21-28(15-16-29(35)36(33)47-38)26-11-13-27(14-12-26)32-22-42-37(43-32)30-17-20-53-19-7-5-6-9-31(39(49)45-30)46-41(51)52-4;;;;/h11-16,21-22,24-25,30-31,34H,5-10,17-20,23H2,1-4H3,(H,42,43)(H,44,47)(H,45,49)(H,46,51);4*1H2/t25-,30-,31-,34-;;;;/m0..../s1. The molecular formula is C41H59N7O6S4. The molecule has 2 saturated heterocycles. The number of likely N-dealkylation sites (tertiary alicyclic amines) is 1. The van der Waals surface area contributed by atoms with E-state index in [1.54, 1.807) is 6.20 Å². The Morgan fingerprint density at radius 2 is 1.62 bits per heavy atom. The van der Waals surface area contributed by atoms with Crippen LogP contribution in [0, 0.1) is 11.8 Å². The van der Waals surface area contributed by atoms with Crippen molar-refractivity contribution in [2.75, 3.05) is 26.9 Å². The maximum absolute atomic E-state index is 13.3. The topological polar surface area (TPSA) is 164 Å². The van der Waals surface area contributed by atoms with Crippen molar-refractivity contribution in [1.82, 2.24) is 35.5 Å². The third-order valence-corrected chi connectivity index (χ3v) is 11.0. The van der Waals surface area contributed by atoms with Crippen molar-refractivity contribution < 1.29 is 28.6 Å². The lowest BCUT2D eigenvalue weighted by molar-refractivity contribution is -0.137. The summed E-state index contributed by atoms with van der Waals surface area (Å²) in [5.74, 6) is 2.40. The van der Waals surface area contributed by atoms with E-state index in [1.165, 1.54) is 7.11 Å². The number of aromatic nitrogens is 4. The van der Waals surface area contributed by atoms with E-state index in [1.807, 2.05) is 24.0 Å². The van der Waals surface area contributed by atoms with Gasteiger partial charge in [-0.1, -0.05) is 63.9 Å². The van der Waals surface area contributed by atoms with E-state index in [0.29, 0.717) is 38.5 Å². The molecule has 0 spiro atoms. The summed E-state index contributed by atoms with van der Waals surface area (Å²) < 4.78 is 16.8. The van der Waals surface area contributed by atoms with E-state index in [9.17, 15) is 14.4 Å². The molecule has 2 fully saturated rings. The monoisotopic (exact) mass is 873 g/mol. The highest BCUT2D eigenvalue weighted by atomic mass is 32.1. The first-order valence-corrected chi connectivity index (χ1v) is 19.2.